The van der Waals surface area contributed by atoms with Gasteiger partial charge < -0.3 is 4.74 Å². The van der Waals surface area contributed by atoms with Gasteiger partial charge >= 0.3 is 0 Å². The van der Waals surface area contributed by atoms with E-state index in [0.717, 1.165) is 17.9 Å². The maximum atomic E-state index is 6.05. The third-order valence-corrected chi connectivity index (χ3v) is 5.37. The molecule has 0 aliphatic heterocycles. The van der Waals surface area contributed by atoms with Gasteiger partial charge in [0.25, 0.3) is 0 Å². The van der Waals surface area contributed by atoms with Crippen LogP contribution in [-0.2, 0) is 10.2 Å². The van der Waals surface area contributed by atoms with E-state index in [1.165, 1.54) is 24.0 Å². The van der Waals surface area contributed by atoms with Crippen molar-refractivity contribution in [3.8, 4) is 0 Å². The summed E-state index contributed by atoms with van der Waals surface area (Å²) in [7, 11) is 0. The molecule has 0 bridgehead atoms. The van der Waals surface area contributed by atoms with E-state index in [0.29, 0.717) is 12.7 Å². The van der Waals surface area contributed by atoms with Crippen molar-refractivity contribution >= 4 is 17.7 Å². The Hall–Kier alpha value is -1.57. The monoisotopic (exact) mass is 340 g/mol. The van der Waals surface area contributed by atoms with Crippen LogP contribution >= 0.6 is 11.6 Å². The third kappa shape index (κ3) is 4.49. The number of hydrogen-bond acceptors (Lipinski definition) is 1. The highest BCUT2D eigenvalue weighted by molar-refractivity contribution is 6.30. The standard InChI is InChI=1S/C22H25ClO/c1-22(19-9-11-20(23)12-10-19)15-13-21(14-16-22)24-17-5-8-18-6-3-2-4-7-18/h2-12,21H,13-17H2,1H3/b8-5+. The minimum absolute atomic E-state index is 0.254. The van der Waals surface area contributed by atoms with Gasteiger partial charge in [0, 0.05) is 5.02 Å². The Labute approximate surface area is 150 Å². The molecule has 0 radical (unpaired) electrons. The molecule has 1 aliphatic carbocycles. The molecule has 0 atom stereocenters. The second kappa shape index (κ2) is 8.00. The van der Waals surface area contributed by atoms with Gasteiger partial charge in [-0.15, -0.1) is 0 Å². The molecule has 3 rings (SSSR count). The molecule has 1 saturated carbocycles. The summed E-state index contributed by atoms with van der Waals surface area (Å²) in [6.45, 7) is 3.05. The van der Waals surface area contributed by atoms with Gasteiger partial charge in [-0.2, -0.15) is 0 Å². The second-order valence-corrected chi connectivity index (χ2v) is 7.35. The fraction of sp³-hybridized carbons (Fsp3) is 0.364. The SMILES string of the molecule is CC1(c2ccc(Cl)cc2)CCC(OC/C=C/c2ccccc2)CC1. The summed E-state index contributed by atoms with van der Waals surface area (Å²) < 4.78 is 6.05. The van der Waals surface area contributed by atoms with Gasteiger partial charge in [0.15, 0.2) is 0 Å². The van der Waals surface area contributed by atoms with E-state index in [9.17, 15) is 0 Å². The van der Waals surface area contributed by atoms with Gasteiger partial charge in [-0.25, -0.2) is 0 Å². The van der Waals surface area contributed by atoms with Gasteiger partial charge in [-0.05, 0) is 54.4 Å². The Morgan fingerprint density at radius 2 is 1.71 bits per heavy atom. The molecule has 1 aliphatic rings. The van der Waals surface area contributed by atoms with E-state index in [1.807, 2.05) is 18.2 Å². The molecule has 2 heteroatoms. The number of ether oxygens (including phenoxy) is 1. The Balaban J connectivity index is 1.46. The molecule has 126 valence electrons. The first-order valence-corrected chi connectivity index (χ1v) is 9.13. The summed E-state index contributed by atoms with van der Waals surface area (Å²) in [6.07, 6.45) is 9.20. The minimum atomic E-state index is 0.254. The quantitative estimate of drug-likeness (QED) is 0.623. The zero-order valence-electron chi connectivity index (χ0n) is 14.2. The van der Waals surface area contributed by atoms with Gasteiger partial charge in [0.1, 0.15) is 0 Å². The first-order chi connectivity index (χ1) is 11.7. The van der Waals surface area contributed by atoms with Crippen molar-refractivity contribution in [2.75, 3.05) is 6.61 Å². The fourth-order valence-corrected chi connectivity index (χ4v) is 3.60. The maximum Gasteiger partial charge on any atom is 0.0654 e. The molecular weight excluding hydrogens is 316 g/mol. The summed E-state index contributed by atoms with van der Waals surface area (Å²) in [4.78, 5) is 0. The summed E-state index contributed by atoms with van der Waals surface area (Å²) >= 11 is 6.01. The summed E-state index contributed by atoms with van der Waals surface area (Å²) in [5.41, 5.74) is 2.87. The first kappa shape index (κ1) is 17.3. The third-order valence-electron chi connectivity index (χ3n) is 5.12. The van der Waals surface area contributed by atoms with E-state index in [2.05, 4.69) is 55.5 Å². The van der Waals surface area contributed by atoms with Crippen molar-refractivity contribution in [1.82, 2.24) is 0 Å². The second-order valence-electron chi connectivity index (χ2n) is 6.91. The lowest BCUT2D eigenvalue weighted by molar-refractivity contribution is 0.0305. The van der Waals surface area contributed by atoms with E-state index in [1.54, 1.807) is 0 Å². The van der Waals surface area contributed by atoms with Gasteiger partial charge in [-0.3, -0.25) is 0 Å². The van der Waals surface area contributed by atoms with Gasteiger partial charge in [0.05, 0.1) is 12.7 Å². The van der Waals surface area contributed by atoms with Crippen molar-refractivity contribution in [1.29, 1.82) is 0 Å². The number of halogens is 1. The van der Waals surface area contributed by atoms with Crippen molar-refractivity contribution in [2.45, 2.75) is 44.1 Å². The van der Waals surface area contributed by atoms with E-state index >= 15 is 0 Å². The molecule has 0 N–H and O–H groups in total. The molecule has 1 nitrogen and oxygen atoms in total. The highest BCUT2D eigenvalue weighted by atomic mass is 35.5. The molecule has 2 aromatic rings. The van der Waals surface area contributed by atoms with Crippen LogP contribution in [0.2, 0.25) is 5.02 Å². The highest BCUT2D eigenvalue weighted by Crippen LogP contribution is 2.40. The molecular formula is C22H25ClO. The predicted molar refractivity (Wildman–Crippen MR) is 102 cm³/mol. The van der Waals surface area contributed by atoms with Crippen LogP contribution in [0.4, 0.5) is 0 Å². The first-order valence-electron chi connectivity index (χ1n) is 8.75. The summed E-state index contributed by atoms with van der Waals surface area (Å²) in [5.74, 6) is 0. The Morgan fingerprint density at radius 1 is 1.04 bits per heavy atom. The number of benzene rings is 2. The molecule has 0 unspecified atom stereocenters. The van der Waals surface area contributed by atoms with Crippen molar-refractivity contribution in [2.24, 2.45) is 0 Å². The van der Waals surface area contributed by atoms with Crippen molar-refractivity contribution in [3.05, 3.63) is 76.8 Å². The van der Waals surface area contributed by atoms with Crippen LogP contribution in [0.15, 0.2) is 60.7 Å². The molecule has 1 fully saturated rings. The van der Waals surface area contributed by atoms with Crippen LogP contribution in [0.25, 0.3) is 6.08 Å². The fourth-order valence-electron chi connectivity index (χ4n) is 3.48. The molecule has 24 heavy (non-hydrogen) atoms. The van der Waals surface area contributed by atoms with Gasteiger partial charge in [-0.1, -0.05) is 73.1 Å². The highest BCUT2D eigenvalue weighted by Gasteiger charge is 2.32. The zero-order valence-corrected chi connectivity index (χ0v) is 15.0. The van der Waals surface area contributed by atoms with Crippen molar-refractivity contribution in [3.63, 3.8) is 0 Å². The predicted octanol–water partition coefficient (Wildman–Crippen LogP) is 6.27. The summed E-state index contributed by atoms with van der Waals surface area (Å²) in [6, 6.07) is 18.7. The summed E-state index contributed by atoms with van der Waals surface area (Å²) in [5, 5.41) is 0.810. The molecule has 0 heterocycles. The van der Waals surface area contributed by atoms with Crippen LogP contribution in [0.1, 0.15) is 43.7 Å². The van der Waals surface area contributed by atoms with Crippen LogP contribution in [-0.4, -0.2) is 12.7 Å². The van der Waals surface area contributed by atoms with Crippen molar-refractivity contribution < 1.29 is 4.74 Å². The molecule has 0 saturated heterocycles. The average Bonchev–Trinajstić information content (AvgIpc) is 2.62. The topological polar surface area (TPSA) is 9.23 Å². The Kier molecular flexibility index (Phi) is 5.76. The average molecular weight is 341 g/mol. The lowest BCUT2D eigenvalue weighted by Gasteiger charge is -2.37. The van der Waals surface area contributed by atoms with Crippen LogP contribution < -0.4 is 0 Å². The Morgan fingerprint density at radius 3 is 2.38 bits per heavy atom. The normalized spacial score (nSPS) is 24.3. The molecule has 0 amide bonds. The maximum absolute atomic E-state index is 6.05. The van der Waals surface area contributed by atoms with Gasteiger partial charge in [0.2, 0.25) is 0 Å². The van der Waals surface area contributed by atoms with Crippen LogP contribution in [0.3, 0.4) is 0 Å². The largest absolute Gasteiger partial charge is 0.374 e. The van der Waals surface area contributed by atoms with E-state index in [4.69, 9.17) is 16.3 Å². The number of rotatable bonds is 5. The Bertz CT molecular complexity index is 652. The molecule has 0 aromatic heterocycles. The lowest BCUT2D eigenvalue weighted by Crippen LogP contribution is -2.32. The molecule has 0 spiro atoms. The van der Waals surface area contributed by atoms with Crippen LogP contribution in [0.5, 0.6) is 0 Å². The molecule has 2 aromatic carbocycles. The zero-order chi connectivity index (χ0) is 16.8. The van der Waals surface area contributed by atoms with Crippen LogP contribution in [0, 0.1) is 0 Å². The lowest BCUT2D eigenvalue weighted by atomic mass is 9.70. The van der Waals surface area contributed by atoms with E-state index in [-0.39, 0.29) is 5.41 Å². The van der Waals surface area contributed by atoms with E-state index < -0.39 is 0 Å². The number of hydrogen-bond donors (Lipinski definition) is 0. The minimum Gasteiger partial charge on any atom is -0.374 e. The smallest absolute Gasteiger partial charge is 0.0654 e.